The second kappa shape index (κ2) is 8.73. The molecule has 26 heavy (non-hydrogen) atoms. The Morgan fingerprint density at radius 3 is 2.58 bits per heavy atom. The predicted octanol–water partition coefficient (Wildman–Crippen LogP) is 2.51. The number of anilines is 1. The largest absolute Gasteiger partial charge is 0.362 e. The van der Waals surface area contributed by atoms with Crippen LogP contribution in [0.15, 0.2) is 67.0 Å². The summed E-state index contributed by atoms with van der Waals surface area (Å²) in [5.41, 5.74) is 1.62. The maximum absolute atomic E-state index is 12.0. The molecule has 1 heterocycles. The van der Waals surface area contributed by atoms with E-state index >= 15 is 0 Å². The molecule has 0 saturated carbocycles. The number of carbonyl (C=O) groups is 2. The first-order chi connectivity index (χ1) is 12.7. The highest BCUT2D eigenvalue weighted by molar-refractivity contribution is 6.02. The van der Waals surface area contributed by atoms with Crippen LogP contribution in [-0.4, -0.2) is 30.0 Å². The lowest BCUT2D eigenvalue weighted by Crippen LogP contribution is -2.29. The highest BCUT2D eigenvalue weighted by atomic mass is 16.5. The molecule has 2 N–H and O–H groups in total. The van der Waals surface area contributed by atoms with Gasteiger partial charge in [-0.2, -0.15) is 0 Å². The van der Waals surface area contributed by atoms with E-state index in [1.807, 2.05) is 48.5 Å². The zero-order valence-corrected chi connectivity index (χ0v) is 14.1. The minimum atomic E-state index is -0.304. The van der Waals surface area contributed by atoms with Crippen LogP contribution in [0.5, 0.6) is 0 Å². The van der Waals surface area contributed by atoms with Crippen molar-refractivity contribution in [1.29, 1.82) is 0 Å². The van der Waals surface area contributed by atoms with Crippen molar-refractivity contribution in [3.63, 3.8) is 0 Å². The molecule has 0 saturated heterocycles. The van der Waals surface area contributed by atoms with Crippen molar-refractivity contribution in [2.45, 2.75) is 6.54 Å². The Morgan fingerprint density at radius 2 is 1.73 bits per heavy atom. The Labute approximate surface area is 151 Å². The van der Waals surface area contributed by atoms with E-state index in [0.717, 1.165) is 22.0 Å². The summed E-state index contributed by atoms with van der Waals surface area (Å²) in [5.74, 6) is -0.590. The third-order valence-corrected chi connectivity index (χ3v) is 3.74. The van der Waals surface area contributed by atoms with Gasteiger partial charge in [0.15, 0.2) is 0 Å². The number of nitrogens with zero attached hydrogens (tertiary/aromatic N) is 1. The number of hydrogen-bond donors (Lipinski definition) is 2. The predicted molar refractivity (Wildman–Crippen MR) is 99.5 cm³/mol. The number of benzene rings is 2. The first-order valence-corrected chi connectivity index (χ1v) is 8.23. The molecule has 0 radical (unpaired) electrons. The van der Waals surface area contributed by atoms with E-state index < -0.39 is 0 Å². The molecular formula is C20H19N3O3. The van der Waals surface area contributed by atoms with Crippen molar-refractivity contribution >= 4 is 28.3 Å². The highest BCUT2D eigenvalue weighted by Crippen LogP contribution is 2.22. The third-order valence-electron chi connectivity index (χ3n) is 3.74. The van der Waals surface area contributed by atoms with Gasteiger partial charge in [-0.05, 0) is 23.1 Å². The highest BCUT2D eigenvalue weighted by Gasteiger charge is 2.08. The second-order valence-electron chi connectivity index (χ2n) is 5.71. The van der Waals surface area contributed by atoms with E-state index in [0.29, 0.717) is 6.54 Å². The molecular weight excluding hydrogens is 330 g/mol. The number of nitrogens with one attached hydrogen (secondary N) is 2. The van der Waals surface area contributed by atoms with E-state index in [4.69, 9.17) is 4.74 Å². The monoisotopic (exact) mass is 349 g/mol. The normalized spacial score (nSPS) is 10.5. The first kappa shape index (κ1) is 17.6. The number of pyridine rings is 1. The Kier molecular flexibility index (Phi) is 5.90. The Bertz CT molecular complexity index is 892. The second-order valence-corrected chi connectivity index (χ2v) is 5.71. The quantitative estimate of drug-likeness (QED) is 0.687. The van der Waals surface area contributed by atoms with Crippen LogP contribution in [0.2, 0.25) is 0 Å². The van der Waals surface area contributed by atoms with E-state index in [1.54, 1.807) is 18.5 Å². The van der Waals surface area contributed by atoms with Gasteiger partial charge in [0.1, 0.15) is 13.2 Å². The number of carbonyl (C=O) groups excluding carboxylic acids is 2. The fraction of sp³-hybridized carbons (Fsp3) is 0.150. The Balaban J connectivity index is 1.43. The fourth-order valence-corrected chi connectivity index (χ4v) is 2.51. The van der Waals surface area contributed by atoms with E-state index in [9.17, 15) is 9.59 Å². The topological polar surface area (TPSA) is 80.3 Å². The van der Waals surface area contributed by atoms with Gasteiger partial charge >= 0.3 is 0 Å². The smallest absolute Gasteiger partial charge is 0.250 e. The SMILES string of the molecule is O=C(COCC(=O)Nc1cccc2ccccc12)NCc1cccnc1. The molecule has 1 aromatic heterocycles. The van der Waals surface area contributed by atoms with Gasteiger partial charge in [-0.25, -0.2) is 0 Å². The number of amides is 2. The van der Waals surface area contributed by atoms with Crippen molar-refractivity contribution in [3.05, 3.63) is 72.6 Å². The zero-order chi connectivity index (χ0) is 18.2. The molecule has 6 heteroatoms. The summed E-state index contributed by atoms with van der Waals surface area (Å²) < 4.78 is 5.19. The molecule has 0 aliphatic rings. The van der Waals surface area contributed by atoms with Crippen LogP contribution < -0.4 is 10.6 Å². The summed E-state index contributed by atoms with van der Waals surface area (Å²) in [7, 11) is 0. The van der Waals surface area contributed by atoms with Gasteiger partial charge in [0.2, 0.25) is 11.8 Å². The molecule has 0 bridgehead atoms. The lowest BCUT2D eigenvalue weighted by molar-refractivity contribution is -0.128. The van der Waals surface area contributed by atoms with Crippen LogP contribution >= 0.6 is 0 Å². The molecule has 2 amide bonds. The summed E-state index contributed by atoms with van der Waals surface area (Å²) >= 11 is 0. The van der Waals surface area contributed by atoms with E-state index in [1.165, 1.54) is 0 Å². The van der Waals surface area contributed by atoms with Gasteiger partial charge in [-0.15, -0.1) is 0 Å². The minimum absolute atomic E-state index is 0.177. The van der Waals surface area contributed by atoms with Crippen LogP contribution in [0.1, 0.15) is 5.56 Å². The molecule has 0 aliphatic heterocycles. The number of rotatable bonds is 7. The van der Waals surface area contributed by atoms with Gasteiger partial charge in [0, 0.05) is 30.0 Å². The van der Waals surface area contributed by atoms with Crippen LogP contribution in [0.25, 0.3) is 10.8 Å². The number of hydrogen-bond acceptors (Lipinski definition) is 4. The van der Waals surface area contributed by atoms with Crippen molar-refractivity contribution in [1.82, 2.24) is 10.3 Å². The standard InChI is InChI=1S/C20H19N3O3/c24-19(22-12-15-5-4-10-21-11-15)13-26-14-20(25)23-18-9-3-7-16-6-1-2-8-17(16)18/h1-11H,12-14H2,(H,22,24)(H,23,25). The summed E-state index contributed by atoms with van der Waals surface area (Å²) in [6.07, 6.45) is 3.35. The summed E-state index contributed by atoms with van der Waals surface area (Å²) in [6, 6.07) is 17.1. The van der Waals surface area contributed by atoms with Gasteiger partial charge in [-0.1, -0.05) is 42.5 Å². The molecule has 0 unspecified atom stereocenters. The summed E-state index contributed by atoms with van der Waals surface area (Å²) in [5, 5.41) is 7.52. The Hall–Kier alpha value is -3.25. The molecule has 0 fully saturated rings. The van der Waals surface area contributed by atoms with Gasteiger partial charge in [0.25, 0.3) is 0 Å². The van der Waals surface area contributed by atoms with Crippen LogP contribution in [0.4, 0.5) is 5.69 Å². The van der Waals surface area contributed by atoms with Crippen molar-refractivity contribution < 1.29 is 14.3 Å². The van der Waals surface area contributed by atoms with Crippen LogP contribution in [0, 0.1) is 0 Å². The van der Waals surface area contributed by atoms with Gasteiger partial charge < -0.3 is 15.4 Å². The van der Waals surface area contributed by atoms with Crippen LogP contribution in [0.3, 0.4) is 0 Å². The molecule has 3 rings (SSSR count). The van der Waals surface area contributed by atoms with E-state index in [-0.39, 0.29) is 25.0 Å². The fourth-order valence-electron chi connectivity index (χ4n) is 2.51. The third kappa shape index (κ3) is 4.87. The molecule has 0 aliphatic carbocycles. The Morgan fingerprint density at radius 1 is 0.923 bits per heavy atom. The molecule has 2 aromatic carbocycles. The summed E-state index contributed by atoms with van der Waals surface area (Å²) in [4.78, 5) is 27.8. The van der Waals surface area contributed by atoms with Crippen molar-refractivity contribution in [3.8, 4) is 0 Å². The summed E-state index contributed by atoms with van der Waals surface area (Å²) in [6.45, 7) is 0.00495. The maximum Gasteiger partial charge on any atom is 0.250 e. The van der Waals surface area contributed by atoms with Crippen molar-refractivity contribution in [2.75, 3.05) is 18.5 Å². The molecule has 3 aromatic rings. The average molecular weight is 349 g/mol. The molecule has 0 spiro atoms. The zero-order valence-electron chi connectivity index (χ0n) is 14.1. The van der Waals surface area contributed by atoms with Crippen LogP contribution in [-0.2, 0) is 20.9 Å². The van der Waals surface area contributed by atoms with E-state index in [2.05, 4.69) is 15.6 Å². The number of aromatic nitrogens is 1. The molecule has 6 nitrogen and oxygen atoms in total. The number of ether oxygens (including phenoxy) is 1. The molecule has 132 valence electrons. The van der Waals surface area contributed by atoms with Gasteiger partial charge in [0.05, 0.1) is 0 Å². The lowest BCUT2D eigenvalue weighted by atomic mass is 10.1. The lowest BCUT2D eigenvalue weighted by Gasteiger charge is -2.09. The minimum Gasteiger partial charge on any atom is -0.362 e. The maximum atomic E-state index is 12.0. The van der Waals surface area contributed by atoms with Crippen molar-refractivity contribution in [2.24, 2.45) is 0 Å². The number of fused-ring (bicyclic) bond motifs is 1. The molecule has 0 atom stereocenters. The average Bonchev–Trinajstić information content (AvgIpc) is 2.67. The van der Waals surface area contributed by atoms with Gasteiger partial charge in [-0.3, -0.25) is 14.6 Å². The first-order valence-electron chi connectivity index (χ1n) is 8.23.